The van der Waals surface area contributed by atoms with E-state index in [-0.39, 0.29) is 5.91 Å². The lowest BCUT2D eigenvalue weighted by Gasteiger charge is -2.19. The number of thiophene rings is 1. The number of carbonyl (C=O) groups is 1. The van der Waals surface area contributed by atoms with Gasteiger partial charge in [-0.1, -0.05) is 36.4 Å². The van der Waals surface area contributed by atoms with Gasteiger partial charge in [-0.25, -0.2) is 10.8 Å². The summed E-state index contributed by atoms with van der Waals surface area (Å²) in [4.78, 5) is 17.6. The Morgan fingerprint density at radius 2 is 2.05 bits per heavy atom. The van der Waals surface area contributed by atoms with E-state index in [1.807, 2.05) is 52.4 Å². The Bertz CT molecular complexity index is 721. The average molecular weight is 298 g/mol. The molecule has 1 unspecified atom stereocenters. The molecule has 5 nitrogen and oxygen atoms in total. The van der Waals surface area contributed by atoms with Crippen molar-refractivity contribution < 1.29 is 4.79 Å². The molecule has 0 spiro atoms. The van der Waals surface area contributed by atoms with E-state index in [1.165, 1.54) is 0 Å². The molecule has 3 rings (SSSR count). The van der Waals surface area contributed by atoms with E-state index in [0.717, 1.165) is 16.3 Å². The van der Waals surface area contributed by atoms with Crippen LogP contribution in [0.1, 0.15) is 11.6 Å². The van der Waals surface area contributed by atoms with Crippen molar-refractivity contribution in [3.63, 3.8) is 0 Å². The van der Waals surface area contributed by atoms with Gasteiger partial charge in [0.25, 0.3) is 5.91 Å². The van der Waals surface area contributed by atoms with Crippen LogP contribution in [0.25, 0.3) is 10.7 Å². The maximum absolute atomic E-state index is 12.3. The first-order valence-electron chi connectivity index (χ1n) is 6.43. The van der Waals surface area contributed by atoms with Crippen molar-refractivity contribution in [3.8, 4) is 10.7 Å². The lowest BCUT2D eigenvalue weighted by Crippen LogP contribution is -2.37. The zero-order chi connectivity index (χ0) is 14.7. The molecule has 0 saturated heterocycles. The number of hydrazine groups is 1. The number of imidazole rings is 1. The molecule has 2 aromatic heterocycles. The fourth-order valence-electron chi connectivity index (χ4n) is 2.27. The number of benzene rings is 1. The molecular weight excluding hydrogens is 284 g/mol. The molecule has 1 aromatic carbocycles. The molecule has 2 heterocycles. The molecule has 0 aliphatic rings. The molecule has 1 atom stereocenters. The SMILES string of the molecule is NNC(=O)C(c1ccccc1)n1ccnc1-c1cccs1. The van der Waals surface area contributed by atoms with Crippen molar-refractivity contribution >= 4 is 17.2 Å². The minimum absolute atomic E-state index is 0.281. The number of carbonyl (C=O) groups excluding carboxylic acids is 1. The monoisotopic (exact) mass is 298 g/mol. The van der Waals surface area contributed by atoms with Crippen LogP contribution in [0.4, 0.5) is 0 Å². The minimum atomic E-state index is -0.546. The summed E-state index contributed by atoms with van der Waals surface area (Å²) in [6.45, 7) is 0. The third kappa shape index (κ3) is 2.58. The van der Waals surface area contributed by atoms with E-state index in [4.69, 9.17) is 5.84 Å². The normalized spacial score (nSPS) is 12.0. The van der Waals surface area contributed by atoms with Crippen molar-refractivity contribution in [1.29, 1.82) is 0 Å². The van der Waals surface area contributed by atoms with E-state index in [2.05, 4.69) is 10.4 Å². The van der Waals surface area contributed by atoms with Crippen LogP contribution < -0.4 is 11.3 Å². The fourth-order valence-corrected chi connectivity index (χ4v) is 2.99. The highest BCUT2D eigenvalue weighted by molar-refractivity contribution is 7.13. The highest BCUT2D eigenvalue weighted by Gasteiger charge is 2.24. The van der Waals surface area contributed by atoms with Crippen LogP contribution in [-0.2, 0) is 4.79 Å². The van der Waals surface area contributed by atoms with Crippen LogP contribution in [0.15, 0.2) is 60.2 Å². The Hall–Kier alpha value is -2.44. The predicted molar refractivity (Wildman–Crippen MR) is 82.5 cm³/mol. The first kappa shape index (κ1) is 13.5. The zero-order valence-corrected chi connectivity index (χ0v) is 12.0. The first-order valence-corrected chi connectivity index (χ1v) is 7.31. The van der Waals surface area contributed by atoms with Crippen LogP contribution in [0.2, 0.25) is 0 Å². The molecular formula is C15H14N4OS. The Labute approximate surface area is 126 Å². The fraction of sp³-hybridized carbons (Fsp3) is 0.0667. The van der Waals surface area contributed by atoms with Crippen molar-refractivity contribution in [2.24, 2.45) is 5.84 Å². The maximum Gasteiger partial charge on any atom is 0.261 e. The van der Waals surface area contributed by atoms with Crippen molar-refractivity contribution in [2.75, 3.05) is 0 Å². The number of amides is 1. The van der Waals surface area contributed by atoms with Gasteiger partial charge in [0.1, 0.15) is 6.04 Å². The van der Waals surface area contributed by atoms with Crippen LogP contribution in [0, 0.1) is 0 Å². The smallest absolute Gasteiger partial charge is 0.261 e. The highest BCUT2D eigenvalue weighted by Crippen LogP contribution is 2.28. The summed E-state index contributed by atoms with van der Waals surface area (Å²) < 4.78 is 1.84. The lowest BCUT2D eigenvalue weighted by atomic mass is 10.1. The van der Waals surface area contributed by atoms with Crippen LogP contribution >= 0.6 is 11.3 Å². The number of aromatic nitrogens is 2. The van der Waals surface area contributed by atoms with Gasteiger partial charge in [-0.05, 0) is 17.0 Å². The standard InChI is InChI=1S/C15H14N4OS/c16-18-15(20)13(11-5-2-1-3-6-11)19-9-8-17-14(19)12-7-4-10-21-12/h1-10,13H,16H2,(H,18,20). The number of nitrogens with two attached hydrogens (primary N) is 1. The summed E-state index contributed by atoms with van der Waals surface area (Å²) >= 11 is 1.58. The molecule has 3 aromatic rings. The van der Waals surface area contributed by atoms with Crippen LogP contribution in [0.5, 0.6) is 0 Å². The number of hydrogen-bond acceptors (Lipinski definition) is 4. The van der Waals surface area contributed by atoms with E-state index >= 15 is 0 Å². The molecule has 6 heteroatoms. The quantitative estimate of drug-likeness (QED) is 0.440. The van der Waals surface area contributed by atoms with E-state index < -0.39 is 6.04 Å². The van der Waals surface area contributed by atoms with Gasteiger partial charge < -0.3 is 4.57 Å². The second-order valence-corrected chi connectivity index (χ2v) is 5.40. The summed E-state index contributed by atoms with van der Waals surface area (Å²) in [7, 11) is 0. The summed E-state index contributed by atoms with van der Waals surface area (Å²) in [5.41, 5.74) is 3.10. The minimum Gasteiger partial charge on any atom is -0.314 e. The molecule has 0 bridgehead atoms. The Morgan fingerprint density at radius 3 is 2.71 bits per heavy atom. The number of nitrogens with zero attached hydrogens (tertiary/aromatic N) is 2. The van der Waals surface area contributed by atoms with Gasteiger partial charge in [0.2, 0.25) is 0 Å². The molecule has 0 aliphatic heterocycles. The third-order valence-electron chi connectivity index (χ3n) is 3.19. The number of hydrogen-bond donors (Lipinski definition) is 2. The molecule has 0 saturated carbocycles. The van der Waals surface area contributed by atoms with E-state index in [9.17, 15) is 4.79 Å². The molecule has 0 aliphatic carbocycles. The van der Waals surface area contributed by atoms with Gasteiger partial charge in [-0.2, -0.15) is 0 Å². The zero-order valence-electron chi connectivity index (χ0n) is 11.1. The van der Waals surface area contributed by atoms with Gasteiger partial charge in [-0.15, -0.1) is 11.3 Å². The summed E-state index contributed by atoms with van der Waals surface area (Å²) in [5, 5.41) is 1.98. The van der Waals surface area contributed by atoms with Crippen LogP contribution in [0.3, 0.4) is 0 Å². The second-order valence-electron chi connectivity index (χ2n) is 4.46. The Kier molecular flexibility index (Phi) is 3.81. The topological polar surface area (TPSA) is 72.9 Å². The molecule has 3 N–H and O–H groups in total. The van der Waals surface area contributed by atoms with Crippen molar-refractivity contribution in [3.05, 3.63) is 65.8 Å². The largest absolute Gasteiger partial charge is 0.314 e. The van der Waals surface area contributed by atoms with Gasteiger partial charge in [0.15, 0.2) is 5.82 Å². The summed E-state index contributed by atoms with van der Waals surface area (Å²) in [5.74, 6) is 5.83. The molecule has 106 valence electrons. The summed E-state index contributed by atoms with van der Waals surface area (Å²) in [6, 6.07) is 12.9. The number of rotatable bonds is 4. The second kappa shape index (κ2) is 5.90. The van der Waals surface area contributed by atoms with Gasteiger partial charge in [-0.3, -0.25) is 10.2 Å². The maximum atomic E-state index is 12.3. The average Bonchev–Trinajstić information content (AvgIpc) is 3.19. The van der Waals surface area contributed by atoms with Crippen molar-refractivity contribution in [1.82, 2.24) is 15.0 Å². The number of nitrogens with one attached hydrogen (secondary N) is 1. The highest BCUT2D eigenvalue weighted by atomic mass is 32.1. The van der Waals surface area contributed by atoms with E-state index in [1.54, 1.807) is 23.7 Å². The molecule has 21 heavy (non-hydrogen) atoms. The molecule has 0 radical (unpaired) electrons. The lowest BCUT2D eigenvalue weighted by molar-refractivity contribution is -0.123. The van der Waals surface area contributed by atoms with Crippen LogP contribution in [-0.4, -0.2) is 15.5 Å². The van der Waals surface area contributed by atoms with E-state index in [0.29, 0.717) is 0 Å². The van der Waals surface area contributed by atoms with Gasteiger partial charge in [0.05, 0.1) is 4.88 Å². The predicted octanol–water partition coefficient (Wildman–Crippen LogP) is 2.19. The Morgan fingerprint density at radius 1 is 1.24 bits per heavy atom. The molecule has 0 fully saturated rings. The van der Waals surface area contributed by atoms with Gasteiger partial charge in [0, 0.05) is 12.4 Å². The third-order valence-corrected chi connectivity index (χ3v) is 4.06. The van der Waals surface area contributed by atoms with Crippen molar-refractivity contribution in [2.45, 2.75) is 6.04 Å². The molecule has 1 amide bonds. The van der Waals surface area contributed by atoms with Gasteiger partial charge >= 0.3 is 0 Å². The summed E-state index contributed by atoms with van der Waals surface area (Å²) in [6.07, 6.45) is 3.48. The first-order chi connectivity index (χ1) is 10.3. The Balaban J connectivity index is 2.10.